The maximum atomic E-state index is 10.6. The van der Waals surface area contributed by atoms with E-state index >= 15 is 0 Å². The zero-order valence-electron chi connectivity index (χ0n) is 16.7. The third kappa shape index (κ3) is 13.7. The molecule has 11 nitrogen and oxygen atoms in total. The Balaban J connectivity index is 0. The molecule has 2 aromatic rings. The smallest absolute Gasteiger partial charge is 0.339 e. The summed E-state index contributed by atoms with van der Waals surface area (Å²) in [5.74, 6) is -3.15. The maximum absolute atomic E-state index is 10.6. The van der Waals surface area contributed by atoms with Gasteiger partial charge in [0.2, 0.25) is 0 Å². The molecular weight excluding hydrogens is 440 g/mol. The molecule has 2 rings (SSSR count). The molecule has 0 unspecified atom stereocenters. The van der Waals surface area contributed by atoms with Gasteiger partial charge in [-0.1, -0.05) is 24.3 Å². The number of carboxylic acids is 2. The summed E-state index contributed by atoms with van der Waals surface area (Å²) in [4.78, 5) is 51.4. The van der Waals surface area contributed by atoms with Crippen molar-refractivity contribution in [3.05, 3.63) is 59.7 Å². The number of urea groups is 1. The molecule has 2 aromatic carbocycles. The quantitative estimate of drug-likeness (QED) is 0.295. The number of esters is 2. The predicted molar refractivity (Wildman–Crippen MR) is 109 cm³/mol. The summed E-state index contributed by atoms with van der Waals surface area (Å²) in [6.45, 7) is 2.44. The topological polar surface area (TPSA) is 196 Å². The standard InChI is InChI=1S/2C9H8O4.CH4N2O.Ca/c2*1-6(10)13-8-5-3-2-4-7(8)9(11)12;2-1(3)4;/h2*2-5H,1H3,(H,11,12);(H4,2,3,4);. The minimum absolute atomic E-state index is 0. The molecule has 6 N–H and O–H groups in total. The molecule has 0 fully saturated rings. The van der Waals surface area contributed by atoms with E-state index in [1.165, 1.54) is 38.1 Å². The molecule has 0 saturated carbocycles. The molecule has 0 bridgehead atoms. The monoisotopic (exact) mass is 460 g/mol. The molecule has 0 saturated heterocycles. The molecular formula is C19H20CaN2O9. The number of carboxylic acid groups (broad SMARTS) is 2. The van der Waals surface area contributed by atoms with Crippen LogP contribution >= 0.6 is 0 Å². The number of primary amides is 2. The number of nitrogens with two attached hydrogens (primary N) is 2. The van der Waals surface area contributed by atoms with Crippen molar-refractivity contribution < 1.29 is 43.7 Å². The first-order valence-electron chi connectivity index (χ1n) is 8.02. The summed E-state index contributed by atoms with van der Waals surface area (Å²) >= 11 is 0. The summed E-state index contributed by atoms with van der Waals surface area (Å²) in [6, 6.07) is 11.1. The van der Waals surface area contributed by atoms with Gasteiger partial charge in [-0.05, 0) is 24.3 Å². The van der Waals surface area contributed by atoms with Gasteiger partial charge in [0, 0.05) is 51.6 Å². The first-order chi connectivity index (χ1) is 14.0. The van der Waals surface area contributed by atoms with Crippen LogP contribution in [-0.4, -0.2) is 77.9 Å². The van der Waals surface area contributed by atoms with E-state index in [4.69, 9.17) is 15.0 Å². The molecule has 0 aliphatic carbocycles. The summed E-state index contributed by atoms with van der Waals surface area (Å²) in [6.07, 6.45) is 0. The minimum atomic E-state index is -1.11. The van der Waals surface area contributed by atoms with E-state index in [0.29, 0.717) is 0 Å². The van der Waals surface area contributed by atoms with Crippen LogP contribution in [0.3, 0.4) is 0 Å². The fraction of sp³-hybridized carbons (Fsp3) is 0.105. The third-order valence-corrected chi connectivity index (χ3v) is 2.74. The largest absolute Gasteiger partial charge is 0.478 e. The predicted octanol–water partition coefficient (Wildman–Crippen LogP) is 1.26. The molecule has 162 valence electrons. The van der Waals surface area contributed by atoms with Crippen molar-refractivity contribution >= 4 is 67.6 Å². The van der Waals surface area contributed by atoms with E-state index in [1.54, 1.807) is 24.3 Å². The second-order valence-electron chi connectivity index (χ2n) is 5.19. The van der Waals surface area contributed by atoms with Crippen LogP contribution in [0.4, 0.5) is 4.79 Å². The Bertz CT molecular complexity index is 859. The Hall–Kier alpha value is -3.15. The fourth-order valence-corrected chi connectivity index (χ4v) is 1.77. The molecule has 0 atom stereocenters. The van der Waals surface area contributed by atoms with Crippen molar-refractivity contribution in [2.45, 2.75) is 13.8 Å². The summed E-state index contributed by atoms with van der Waals surface area (Å²) in [7, 11) is 0. The van der Waals surface area contributed by atoms with Gasteiger partial charge >= 0.3 is 29.9 Å². The van der Waals surface area contributed by atoms with Gasteiger partial charge in [0.25, 0.3) is 0 Å². The Labute approximate surface area is 206 Å². The zero-order valence-corrected chi connectivity index (χ0v) is 18.9. The van der Waals surface area contributed by atoms with Crippen LogP contribution in [0, 0.1) is 0 Å². The number of carbonyl (C=O) groups excluding carboxylic acids is 3. The number of carbonyl (C=O) groups is 5. The number of benzene rings is 2. The summed E-state index contributed by atoms with van der Waals surface area (Å²) < 4.78 is 9.37. The van der Waals surface area contributed by atoms with Gasteiger partial charge in [0.1, 0.15) is 22.6 Å². The second-order valence-corrected chi connectivity index (χ2v) is 5.19. The SMILES string of the molecule is CC(=O)Oc1ccccc1C(=O)O.CC(=O)Oc1ccccc1C(=O)O.NC(N)=O.[Ca]. The average molecular weight is 460 g/mol. The molecule has 0 aliphatic rings. The number of rotatable bonds is 4. The van der Waals surface area contributed by atoms with Crippen molar-refractivity contribution in [2.24, 2.45) is 11.5 Å². The van der Waals surface area contributed by atoms with Crippen LogP contribution < -0.4 is 20.9 Å². The Kier molecular flexibility index (Phi) is 15.2. The molecule has 2 radical (unpaired) electrons. The molecule has 0 heterocycles. The number of para-hydroxylation sites is 2. The van der Waals surface area contributed by atoms with Crippen molar-refractivity contribution in [1.82, 2.24) is 0 Å². The number of aromatic carboxylic acids is 2. The number of hydrogen-bond donors (Lipinski definition) is 4. The van der Waals surface area contributed by atoms with Crippen LogP contribution in [0.5, 0.6) is 11.5 Å². The minimum Gasteiger partial charge on any atom is -0.478 e. The van der Waals surface area contributed by atoms with E-state index in [1.807, 2.05) is 0 Å². The van der Waals surface area contributed by atoms with E-state index in [-0.39, 0.29) is 60.4 Å². The fourth-order valence-electron chi connectivity index (χ4n) is 1.77. The number of ether oxygens (including phenoxy) is 2. The molecule has 31 heavy (non-hydrogen) atoms. The van der Waals surface area contributed by atoms with Crippen molar-refractivity contribution in [3.8, 4) is 11.5 Å². The van der Waals surface area contributed by atoms with Crippen molar-refractivity contribution in [1.29, 1.82) is 0 Å². The van der Waals surface area contributed by atoms with Crippen LogP contribution in [0.1, 0.15) is 34.6 Å². The Morgan fingerprint density at radius 3 is 1.16 bits per heavy atom. The third-order valence-electron chi connectivity index (χ3n) is 2.74. The van der Waals surface area contributed by atoms with Gasteiger partial charge in [-0.15, -0.1) is 0 Å². The van der Waals surface area contributed by atoms with Gasteiger partial charge in [-0.2, -0.15) is 0 Å². The molecule has 0 aliphatic heterocycles. The molecule has 2 amide bonds. The van der Waals surface area contributed by atoms with Gasteiger partial charge in [-0.3, -0.25) is 9.59 Å². The number of amides is 2. The van der Waals surface area contributed by atoms with Crippen molar-refractivity contribution in [3.63, 3.8) is 0 Å². The molecule has 0 aromatic heterocycles. The first kappa shape index (κ1) is 30.0. The van der Waals surface area contributed by atoms with Crippen LogP contribution in [0.2, 0.25) is 0 Å². The van der Waals surface area contributed by atoms with Crippen molar-refractivity contribution in [2.75, 3.05) is 0 Å². The van der Waals surface area contributed by atoms with Crippen LogP contribution in [0.25, 0.3) is 0 Å². The zero-order chi connectivity index (χ0) is 23.3. The Morgan fingerprint density at radius 1 is 0.677 bits per heavy atom. The molecule has 12 heteroatoms. The van der Waals surface area contributed by atoms with E-state index in [0.717, 1.165) is 0 Å². The number of hydrogen-bond acceptors (Lipinski definition) is 7. The van der Waals surface area contributed by atoms with E-state index < -0.39 is 29.9 Å². The summed E-state index contributed by atoms with van der Waals surface area (Å²) in [5.41, 5.74) is 8.47. The second kappa shape index (κ2) is 15.7. The van der Waals surface area contributed by atoms with Gasteiger partial charge < -0.3 is 31.2 Å². The Morgan fingerprint density at radius 2 is 0.935 bits per heavy atom. The average Bonchev–Trinajstić information content (AvgIpc) is 2.61. The summed E-state index contributed by atoms with van der Waals surface area (Å²) in [5, 5.41) is 17.4. The van der Waals surface area contributed by atoms with Gasteiger partial charge in [0.05, 0.1) is 0 Å². The normalized spacial score (nSPS) is 8.58. The molecule has 0 spiro atoms. The van der Waals surface area contributed by atoms with Gasteiger partial charge in [0.15, 0.2) is 0 Å². The van der Waals surface area contributed by atoms with E-state index in [9.17, 15) is 19.2 Å². The van der Waals surface area contributed by atoms with Crippen LogP contribution in [0.15, 0.2) is 48.5 Å². The first-order valence-corrected chi connectivity index (χ1v) is 8.02. The van der Waals surface area contributed by atoms with Gasteiger partial charge in [-0.25, -0.2) is 14.4 Å². The maximum Gasteiger partial charge on any atom is 0.339 e. The van der Waals surface area contributed by atoms with E-state index in [2.05, 4.69) is 20.9 Å². The van der Waals surface area contributed by atoms with Crippen LogP contribution in [-0.2, 0) is 9.59 Å².